The molecule has 1 N–H and O–H groups in total. The standard InChI is InChI=1S/C7H13O2S/c1-4-6(7(8)9)5(2)10-3/h6H,4H2,1-3H3,(H,8,9). The zero-order valence-electron chi connectivity index (χ0n) is 6.55. The predicted octanol–water partition coefficient (Wildman–Crippen LogP) is 2.01. The molecule has 0 saturated heterocycles. The summed E-state index contributed by atoms with van der Waals surface area (Å²) in [7, 11) is 0. The van der Waals surface area contributed by atoms with Crippen molar-refractivity contribution in [3.63, 3.8) is 0 Å². The topological polar surface area (TPSA) is 37.3 Å². The van der Waals surface area contributed by atoms with E-state index in [4.69, 9.17) is 5.11 Å². The summed E-state index contributed by atoms with van der Waals surface area (Å²) < 4.78 is 0. The lowest BCUT2D eigenvalue weighted by Crippen LogP contribution is -2.16. The minimum Gasteiger partial charge on any atom is -0.481 e. The fraction of sp³-hybridized carbons (Fsp3) is 0.714. The summed E-state index contributed by atoms with van der Waals surface area (Å²) in [5.74, 6) is -0.982. The lowest BCUT2D eigenvalue weighted by atomic mass is 10.0. The third-order valence-corrected chi connectivity index (χ3v) is 2.45. The number of thioether (sulfide) groups is 1. The van der Waals surface area contributed by atoms with Crippen molar-refractivity contribution in [2.75, 3.05) is 6.26 Å². The van der Waals surface area contributed by atoms with Gasteiger partial charge in [-0.3, -0.25) is 4.79 Å². The molecule has 0 aromatic rings. The van der Waals surface area contributed by atoms with E-state index in [2.05, 4.69) is 0 Å². The van der Waals surface area contributed by atoms with Gasteiger partial charge in [0.25, 0.3) is 0 Å². The highest BCUT2D eigenvalue weighted by Crippen LogP contribution is 2.27. The van der Waals surface area contributed by atoms with Gasteiger partial charge in [0.15, 0.2) is 0 Å². The first-order valence-corrected chi connectivity index (χ1v) is 4.46. The smallest absolute Gasteiger partial charge is 0.307 e. The van der Waals surface area contributed by atoms with Crippen LogP contribution in [0.4, 0.5) is 0 Å². The minimum atomic E-state index is -0.714. The van der Waals surface area contributed by atoms with Crippen LogP contribution in [-0.2, 0) is 4.79 Å². The molecule has 1 atom stereocenters. The van der Waals surface area contributed by atoms with E-state index >= 15 is 0 Å². The van der Waals surface area contributed by atoms with Crippen LogP contribution in [0.5, 0.6) is 0 Å². The molecule has 1 unspecified atom stereocenters. The van der Waals surface area contributed by atoms with E-state index in [1.54, 1.807) is 0 Å². The number of carboxylic acids is 1. The molecule has 0 spiro atoms. The predicted molar refractivity (Wildman–Crippen MR) is 43.8 cm³/mol. The Balaban J connectivity index is 3.92. The first-order chi connectivity index (χ1) is 4.63. The van der Waals surface area contributed by atoms with Crippen LogP contribution in [0.1, 0.15) is 20.3 Å². The molecule has 0 bridgehead atoms. The number of rotatable bonds is 4. The van der Waals surface area contributed by atoms with E-state index in [9.17, 15) is 4.79 Å². The number of carboxylic acid groups (broad SMARTS) is 1. The highest BCUT2D eigenvalue weighted by atomic mass is 32.2. The van der Waals surface area contributed by atoms with Crippen LogP contribution in [0.25, 0.3) is 0 Å². The van der Waals surface area contributed by atoms with Crippen molar-refractivity contribution in [1.29, 1.82) is 0 Å². The molecular formula is C7H13O2S. The Morgan fingerprint density at radius 1 is 1.70 bits per heavy atom. The van der Waals surface area contributed by atoms with Gasteiger partial charge in [-0.25, -0.2) is 0 Å². The quantitative estimate of drug-likeness (QED) is 0.685. The monoisotopic (exact) mass is 161 g/mol. The summed E-state index contributed by atoms with van der Waals surface area (Å²) in [6.45, 7) is 3.76. The first-order valence-electron chi connectivity index (χ1n) is 3.23. The van der Waals surface area contributed by atoms with Crippen molar-refractivity contribution in [3.8, 4) is 0 Å². The summed E-state index contributed by atoms with van der Waals surface area (Å²) in [4.78, 5) is 10.5. The van der Waals surface area contributed by atoms with Gasteiger partial charge in [0.1, 0.15) is 0 Å². The van der Waals surface area contributed by atoms with Crippen LogP contribution in [-0.4, -0.2) is 17.3 Å². The Morgan fingerprint density at radius 2 is 2.20 bits per heavy atom. The van der Waals surface area contributed by atoms with Crippen LogP contribution in [0.3, 0.4) is 0 Å². The largest absolute Gasteiger partial charge is 0.481 e. The molecule has 0 aliphatic heterocycles. The number of hydrogen-bond acceptors (Lipinski definition) is 2. The second kappa shape index (κ2) is 4.61. The molecule has 0 fully saturated rings. The maximum atomic E-state index is 10.5. The van der Waals surface area contributed by atoms with Gasteiger partial charge in [0, 0.05) is 5.25 Å². The van der Waals surface area contributed by atoms with E-state index < -0.39 is 5.97 Å². The molecule has 59 valence electrons. The van der Waals surface area contributed by atoms with Crippen molar-refractivity contribution in [1.82, 2.24) is 0 Å². The molecule has 0 saturated carbocycles. The van der Waals surface area contributed by atoms with Crippen LogP contribution >= 0.6 is 11.8 Å². The Morgan fingerprint density at radius 3 is 2.30 bits per heavy atom. The van der Waals surface area contributed by atoms with Gasteiger partial charge in [-0.15, -0.1) is 0 Å². The molecule has 0 rings (SSSR count). The van der Waals surface area contributed by atoms with Crippen LogP contribution in [0.2, 0.25) is 0 Å². The Bertz CT molecular complexity index is 114. The van der Waals surface area contributed by atoms with Gasteiger partial charge in [0.05, 0.1) is 5.92 Å². The number of hydrogen-bond donors (Lipinski definition) is 1. The maximum absolute atomic E-state index is 10.5. The zero-order chi connectivity index (χ0) is 8.15. The second-order valence-corrected chi connectivity index (χ2v) is 3.17. The van der Waals surface area contributed by atoms with Crippen molar-refractivity contribution >= 4 is 17.7 Å². The lowest BCUT2D eigenvalue weighted by molar-refractivity contribution is -0.140. The molecule has 0 aliphatic rings. The number of aliphatic carboxylic acids is 1. The third kappa shape index (κ3) is 2.60. The van der Waals surface area contributed by atoms with E-state index in [1.165, 1.54) is 11.8 Å². The highest BCUT2D eigenvalue weighted by Gasteiger charge is 2.21. The molecule has 0 aliphatic carbocycles. The van der Waals surface area contributed by atoms with E-state index in [0.29, 0.717) is 6.42 Å². The van der Waals surface area contributed by atoms with Crippen LogP contribution < -0.4 is 0 Å². The summed E-state index contributed by atoms with van der Waals surface area (Å²) in [5, 5.41) is 9.62. The molecule has 2 nitrogen and oxygen atoms in total. The van der Waals surface area contributed by atoms with Crippen molar-refractivity contribution < 1.29 is 9.90 Å². The second-order valence-electron chi connectivity index (χ2n) is 2.11. The Labute approximate surface area is 66.0 Å². The molecule has 0 aromatic carbocycles. The van der Waals surface area contributed by atoms with Gasteiger partial charge in [-0.05, 0) is 19.6 Å². The van der Waals surface area contributed by atoms with Gasteiger partial charge >= 0.3 is 5.97 Å². The highest BCUT2D eigenvalue weighted by molar-refractivity contribution is 8.01. The van der Waals surface area contributed by atoms with E-state index in [0.717, 1.165) is 5.25 Å². The van der Waals surface area contributed by atoms with E-state index in [-0.39, 0.29) is 5.92 Å². The van der Waals surface area contributed by atoms with Crippen molar-refractivity contribution in [2.45, 2.75) is 20.3 Å². The molecule has 0 amide bonds. The third-order valence-electron chi connectivity index (χ3n) is 1.52. The average Bonchev–Trinajstić information content (AvgIpc) is 1.88. The lowest BCUT2D eigenvalue weighted by Gasteiger charge is -2.14. The van der Waals surface area contributed by atoms with E-state index in [1.807, 2.05) is 20.1 Å². The number of carbonyl (C=O) groups is 1. The van der Waals surface area contributed by atoms with Crippen molar-refractivity contribution in [2.24, 2.45) is 5.92 Å². The molecule has 10 heavy (non-hydrogen) atoms. The molecule has 0 aromatic heterocycles. The van der Waals surface area contributed by atoms with Crippen molar-refractivity contribution in [3.05, 3.63) is 5.25 Å². The molecular weight excluding hydrogens is 148 g/mol. The summed E-state index contributed by atoms with van der Waals surface area (Å²) in [5.41, 5.74) is 0. The normalized spacial score (nSPS) is 13.6. The zero-order valence-corrected chi connectivity index (χ0v) is 7.36. The average molecular weight is 161 g/mol. The first kappa shape index (κ1) is 9.82. The SMILES string of the molecule is CCC([C](C)SC)C(=O)O. The van der Waals surface area contributed by atoms with Gasteiger partial charge in [-0.2, -0.15) is 11.8 Å². The summed E-state index contributed by atoms with van der Waals surface area (Å²) >= 11 is 1.52. The molecule has 3 heteroatoms. The minimum absolute atomic E-state index is 0.269. The summed E-state index contributed by atoms with van der Waals surface area (Å²) in [6.07, 6.45) is 2.59. The fourth-order valence-electron chi connectivity index (χ4n) is 0.778. The fourth-order valence-corrected chi connectivity index (χ4v) is 1.33. The van der Waals surface area contributed by atoms with Crippen LogP contribution in [0, 0.1) is 11.2 Å². The van der Waals surface area contributed by atoms with Gasteiger partial charge in [0.2, 0.25) is 0 Å². The Kier molecular flexibility index (Phi) is 4.52. The molecule has 1 radical (unpaired) electrons. The van der Waals surface area contributed by atoms with Gasteiger partial charge < -0.3 is 5.11 Å². The van der Waals surface area contributed by atoms with Gasteiger partial charge in [-0.1, -0.05) is 6.92 Å². The maximum Gasteiger partial charge on any atom is 0.307 e. The Hall–Kier alpha value is -0.180. The molecule has 0 heterocycles. The van der Waals surface area contributed by atoms with Crippen LogP contribution in [0.15, 0.2) is 0 Å². The summed E-state index contributed by atoms with van der Waals surface area (Å²) in [6, 6.07) is 0.